The first kappa shape index (κ1) is 15.9. The van der Waals surface area contributed by atoms with Crippen LogP contribution in [0.3, 0.4) is 0 Å². The second-order valence-corrected chi connectivity index (χ2v) is 6.87. The number of urea groups is 1. The topological polar surface area (TPSA) is 82.7 Å². The maximum absolute atomic E-state index is 12.2. The molecular formula is C16H21N5OS. The van der Waals surface area contributed by atoms with Gasteiger partial charge in [-0.2, -0.15) is 16.9 Å². The highest BCUT2D eigenvalue weighted by molar-refractivity contribution is 7.98. The van der Waals surface area contributed by atoms with Gasteiger partial charge < -0.3 is 5.32 Å². The molecule has 1 aliphatic rings. The van der Waals surface area contributed by atoms with Crippen molar-refractivity contribution in [1.82, 2.24) is 20.5 Å². The van der Waals surface area contributed by atoms with Crippen molar-refractivity contribution < 1.29 is 4.79 Å². The van der Waals surface area contributed by atoms with Gasteiger partial charge in [-0.1, -0.05) is 6.92 Å². The molecule has 2 amide bonds. The van der Waals surface area contributed by atoms with Crippen LogP contribution in [0.25, 0.3) is 0 Å². The Morgan fingerprint density at radius 2 is 2.43 bits per heavy atom. The Hall–Kier alpha value is -2.02. The van der Waals surface area contributed by atoms with Gasteiger partial charge >= 0.3 is 6.03 Å². The lowest BCUT2D eigenvalue weighted by Gasteiger charge is -2.22. The molecule has 1 atom stereocenters. The van der Waals surface area contributed by atoms with Crippen molar-refractivity contribution >= 4 is 23.6 Å². The molecule has 0 saturated carbocycles. The zero-order chi connectivity index (χ0) is 16.1. The zero-order valence-corrected chi connectivity index (χ0v) is 13.9. The minimum Gasteiger partial charge on any atom is -0.335 e. The second-order valence-electron chi connectivity index (χ2n) is 5.60. The van der Waals surface area contributed by atoms with Gasteiger partial charge in [-0.3, -0.25) is 10.4 Å². The average Bonchev–Trinajstić information content (AvgIpc) is 3.01. The number of aromatic nitrogens is 3. The van der Waals surface area contributed by atoms with Gasteiger partial charge in [0.2, 0.25) is 0 Å². The molecule has 2 aromatic heterocycles. The van der Waals surface area contributed by atoms with Crippen LogP contribution in [0.2, 0.25) is 0 Å². The summed E-state index contributed by atoms with van der Waals surface area (Å²) in [5, 5.41) is 12.9. The molecule has 3 rings (SSSR count). The summed E-state index contributed by atoms with van der Waals surface area (Å²) in [6, 6.07) is 3.85. The smallest absolute Gasteiger partial charge is 0.320 e. The molecule has 0 aromatic carbocycles. The molecule has 3 N–H and O–H groups in total. The number of carbonyl (C=O) groups is 1. The lowest BCUT2D eigenvalue weighted by molar-refractivity contribution is 0.247. The standard InChI is InChI=1S/C16H21N5OS/c1-2-23-10-11-5-6-17-15(7-11)20-16(22)19-13-3-4-14-12(8-13)9-18-21-14/h5-7,9,13H,2-4,8,10H2,1H3,(H,18,21)(H2,17,19,20,22)/t13-/m1/s1. The predicted octanol–water partition coefficient (Wildman–Crippen LogP) is 2.74. The number of aryl methyl sites for hydroxylation is 1. The Labute approximate surface area is 139 Å². The highest BCUT2D eigenvalue weighted by Crippen LogP contribution is 2.19. The summed E-state index contributed by atoms with van der Waals surface area (Å²) < 4.78 is 0. The number of amides is 2. The number of pyridine rings is 1. The number of nitrogens with one attached hydrogen (secondary N) is 3. The Kier molecular flexibility index (Phi) is 5.17. The van der Waals surface area contributed by atoms with E-state index >= 15 is 0 Å². The van der Waals surface area contributed by atoms with Crippen LogP contribution in [0, 0.1) is 0 Å². The van der Waals surface area contributed by atoms with E-state index in [1.165, 1.54) is 16.8 Å². The maximum Gasteiger partial charge on any atom is 0.320 e. The average molecular weight is 331 g/mol. The second kappa shape index (κ2) is 7.50. The molecule has 0 radical (unpaired) electrons. The van der Waals surface area contributed by atoms with Crippen LogP contribution in [0.15, 0.2) is 24.5 Å². The van der Waals surface area contributed by atoms with Gasteiger partial charge in [0.15, 0.2) is 0 Å². The summed E-state index contributed by atoms with van der Waals surface area (Å²) in [5.74, 6) is 2.60. The highest BCUT2D eigenvalue weighted by Gasteiger charge is 2.21. The molecule has 0 bridgehead atoms. The van der Waals surface area contributed by atoms with E-state index in [2.05, 4.69) is 32.7 Å². The summed E-state index contributed by atoms with van der Waals surface area (Å²) in [6.45, 7) is 2.13. The lowest BCUT2D eigenvalue weighted by atomic mass is 9.94. The van der Waals surface area contributed by atoms with Gasteiger partial charge in [-0.05, 0) is 48.3 Å². The number of aromatic amines is 1. The number of fused-ring (bicyclic) bond motifs is 1. The van der Waals surface area contributed by atoms with Crippen LogP contribution in [0.4, 0.5) is 10.6 Å². The molecule has 0 unspecified atom stereocenters. The first-order chi connectivity index (χ1) is 11.2. The molecule has 23 heavy (non-hydrogen) atoms. The van der Waals surface area contributed by atoms with E-state index in [4.69, 9.17) is 0 Å². The molecule has 0 spiro atoms. The van der Waals surface area contributed by atoms with E-state index in [9.17, 15) is 4.79 Å². The first-order valence-electron chi connectivity index (χ1n) is 7.86. The molecule has 122 valence electrons. The molecule has 0 fully saturated rings. The van der Waals surface area contributed by atoms with Gasteiger partial charge in [0, 0.05) is 23.7 Å². The Balaban J connectivity index is 1.53. The fourth-order valence-electron chi connectivity index (χ4n) is 2.73. The molecule has 2 heterocycles. The zero-order valence-electron chi connectivity index (χ0n) is 13.1. The molecule has 6 nitrogen and oxygen atoms in total. The molecule has 0 aliphatic heterocycles. The minimum absolute atomic E-state index is 0.138. The minimum atomic E-state index is -0.199. The van der Waals surface area contributed by atoms with Crippen molar-refractivity contribution in [3.8, 4) is 0 Å². The molecular weight excluding hydrogens is 310 g/mol. The summed E-state index contributed by atoms with van der Waals surface area (Å²) in [6.07, 6.45) is 6.24. The molecule has 0 saturated heterocycles. The SMILES string of the molecule is CCSCc1ccnc(NC(=O)N[C@@H]2CCc3[nH]ncc3C2)c1. The fraction of sp³-hybridized carbons (Fsp3) is 0.438. The number of H-pyrrole nitrogens is 1. The van der Waals surface area contributed by atoms with Gasteiger partial charge in [-0.15, -0.1) is 0 Å². The number of nitrogens with zero attached hydrogens (tertiary/aromatic N) is 2. The number of hydrogen-bond donors (Lipinski definition) is 3. The third kappa shape index (κ3) is 4.25. The van der Waals surface area contributed by atoms with Gasteiger partial charge in [-0.25, -0.2) is 9.78 Å². The summed E-state index contributed by atoms with van der Waals surface area (Å²) >= 11 is 1.85. The molecule has 7 heteroatoms. The fourth-order valence-corrected chi connectivity index (χ4v) is 3.35. The van der Waals surface area contributed by atoms with Crippen molar-refractivity contribution in [1.29, 1.82) is 0 Å². The highest BCUT2D eigenvalue weighted by atomic mass is 32.2. The van der Waals surface area contributed by atoms with Crippen molar-refractivity contribution in [3.63, 3.8) is 0 Å². The van der Waals surface area contributed by atoms with Crippen molar-refractivity contribution in [2.45, 2.75) is 38.0 Å². The summed E-state index contributed by atoms with van der Waals surface area (Å²) in [4.78, 5) is 16.4. The van der Waals surface area contributed by atoms with E-state index in [-0.39, 0.29) is 12.1 Å². The van der Waals surface area contributed by atoms with Gasteiger partial charge in [0.05, 0.1) is 6.20 Å². The van der Waals surface area contributed by atoms with E-state index in [0.717, 1.165) is 30.8 Å². The number of hydrogen-bond acceptors (Lipinski definition) is 4. The van der Waals surface area contributed by atoms with Gasteiger partial charge in [0.1, 0.15) is 5.82 Å². The third-order valence-corrected chi connectivity index (χ3v) is 4.84. The van der Waals surface area contributed by atoms with Crippen LogP contribution in [0.5, 0.6) is 0 Å². The monoisotopic (exact) mass is 331 g/mol. The van der Waals surface area contributed by atoms with E-state index in [1.807, 2.05) is 30.1 Å². The quantitative estimate of drug-likeness (QED) is 0.787. The van der Waals surface area contributed by atoms with E-state index < -0.39 is 0 Å². The molecule has 1 aliphatic carbocycles. The van der Waals surface area contributed by atoms with Crippen LogP contribution >= 0.6 is 11.8 Å². The van der Waals surface area contributed by atoms with E-state index in [0.29, 0.717) is 5.82 Å². The first-order valence-corrected chi connectivity index (χ1v) is 9.01. The lowest BCUT2D eigenvalue weighted by Crippen LogP contribution is -2.41. The summed E-state index contributed by atoms with van der Waals surface area (Å²) in [5.41, 5.74) is 3.55. The normalized spacial score (nSPS) is 16.7. The Morgan fingerprint density at radius 3 is 3.30 bits per heavy atom. The molecule has 2 aromatic rings. The van der Waals surface area contributed by atoms with Crippen LogP contribution < -0.4 is 10.6 Å². The number of anilines is 1. The predicted molar refractivity (Wildman–Crippen MR) is 92.6 cm³/mol. The third-order valence-electron chi connectivity index (χ3n) is 3.89. The van der Waals surface area contributed by atoms with Crippen molar-refractivity contribution in [2.75, 3.05) is 11.1 Å². The largest absolute Gasteiger partial charge is 0.335 e. The van der Waals surface area contributed by atoms with Crippen LogP contribution in [0.1, 0.15) is 30.2 Å². The van der Waals surface area contributed by atoms with Crippen LogP contribution in [-0.4, -0.2) is 33.0 Å². The van der Waals surface area contributed by atoms with Crippen LogP contribution in [-0.2, 0) is 18.6 Å². The van der Waals surface area contributed by atoms with Crippen molar-refractivity contribution in [3.05, 3.63) is 41.3 Å². The number of carbonyl (C=O) groups excluding carboxylic acids is 1. The Bertz CT molecular complexity index is 672. The van der Waals surface area contributed by atoms with E-state index in [1.54, 1.807) is 6.20 Å². The number of rotatable bonds is 5. The van der Waals surface area contributed by atoms with Crippen molar-refractivity contribution in [2.24, 2.45) is 0 Å². The maximum atomic E-state index is 12.2. The van der Waals surface area contributed by atoms with Gasteiger partial charge in [0.25, 0.3) is 0 Å². The Morgan fingerprint density at radius 1 is 1.52 bits per heavy atom. The number of thioether (sulfide) groups is 1. The summed E-state index contributed by atoms with van der Waals surface area (Å²) in [7, 11) is 0.